The minimum Gasteiger partial charge on any atom is -0.440 e. The van der Waals surface area contributed by atoms with Crippen molar-refractivity contribution >= 4 is 62.9 Å². The molecule has 3 aliphatic rings. The molecule has 6 rings (SSSR count). The maximum Gasteiger partial charge on any atom is 0.291 e. The largest absolute Gasteiger partial charge is 0.440 e. The Bertz CT molecular complexity index is 1930. The van der Waals surface area contributed by atoms with Gasteiger partial charge >= 0.3 is 0 Å². The number of hydrogen-bond acceptors (Lipinski definition) is 6. The SMILES string of the molecule is CC(N)(C(=O)c1ccc(CC(C(=O)N(c2ccccc2)c2ccc3cccc-3o2)c2ccc(C3CCCCC3)cc2)cc1)S(=O)(=O)O.[Na]. The van der Waals surface area contributed by atoms with Crippen LogP contribution in [0.4, 0.5) is 11.6 Å². The van der Waals surface area contributed by atoms with Crippen molar-refractivity contribution in [2.45, 2.75) is 62.2 Å². The van der Waals surface area contributed by atoms with Crippen LogP contribution in [0.3, 0.4) is 0 Å². The van der Waals surface area contributed by atoms with Crippen LogP contribution in [0.2, 0.25) is 0 Å². The molecular weight excluding hydrogens is 635 g/mol. The Morgan fingerprint density at radius 1 is 0.875 bits per heavy atom. The fraction of sp³-hybridized carbons (Fsp3) is 0.263. The van der Waals surface area contributed by atoms with E-state index in [9.17, 15) is 22.6 Å². The molecule has 2 atom stereocenters. The van der Waals surface area contributed by atoms with Crippen LogP contribution in [0.5, 0.6) is 0 Å². The fourth-order valence-electron chi connectivity index (χ4n) is 6.39. The molecule has 0 saturated heterocycles. The van der Waals surface area contributed by atoms with Gasteiger partial charge in [-0.2, -0.15) is 8.42 Å². The van der Waals surface area contributed by atoms with E-state index < -0.39 is 26.7 Å². The average molecular weight is 674 g/mol. The van der Waals surface area contributed by atoms with Gasteiger partial charge in [0.25, 0.3) is 10.1 Å². The number of nitrogens with zero attached hydrogens (tertiary/aromatic N) is 1. The van der Waals surface area contributed by atoms with E-state index in [1.807, 2.05) is 66.7 Å². The minimum atomic E-state index is -4.84. The summed E-state index contributed by atoms with van der Waals surface area (Å²) in [6, 6.07) is 33.5. The minimum absolute atomic E-state index is 0. The molecule has 10 heteroatoms. The van der Waals surface area contributed by atoms with Crippen molar-refractivity contribution in [3.8, 4) is 11.3 Å². The fourth-order valence-corrected chi connectivity index (χ4v) is 6.74. The zero-order valence-electron chi connectivity index (χ0n) is 27.2. The first kappa shape index (κ1) is 35.7. The van der Waals surface area contributed by atoms with Crippen LogP contribution in [0.25, 0.3) is 11.3 Å². The molecular formula is C38H38N2NaO6S. The first-order valence-corrected chi connectivity index (χ1v) is 17.3. The van der Waals surface area contributed by atoms with Gasteiger partial charge in [0.05, 0.1) is 11.6 Å². The number of fused-ring (bicyclic) bond motifs is 1. The van der Waals surface area contributed by atoms with Crippen molar-refractivity contribution in [2.24, 2.45) is 5.73 Å². The van der Waals surface area contributed by atoms with Gasteiger partial charge in [0, 0.05) is 46.8 Å². The summed E-state index contributed by atoms with van der Waals surface area (Å²) in [5.74, 6) is -0.197. The van der Waals surface area contributed by atoms with E-state index in [4.69, 9.17) is 10.2 Å². The van der Waals surface area contributed by atoms with Gasteiger partial charge in [-0.25, -0.2) is 0 Å². The van der Waals surface area contributed by atoms with Crippen molar-refractivity contribution in [1.29, 1.82) is 0 Å². The molecule has 3 aromatic rings. The normalized spacial score (nSPS) is 15.6. The van der Waals surface area contributed by atoms with Crippen molar-refractivity contribution in [3.05, 3.63) is 131 Å². The Morgan fingerprint density at radius 2 is 1.54 bits per heavy atom. The van der Waals surface area contributed by atoms with Crippen molar-refractivity contribution in [3.63, 3.8) is 0 Å². The second-order valence-corrected chi connectivity index (χ2v) is 14.3. The van der Waals surface area contributed by atoms with E-state index in [-0.39, 0.29) is 47.4 Å². The summed E-state index contributed by atoms with van der Waals surface area (Å²) in [5, 5.41) is 0. The Labute approximate surface area is 303 Å². The monoisotopic (exact) mass is 673 g/mol. The second kappa shape index (κ2) is 14.9. The summed E-state index contributed by atoms with van der Waals surface area (Å²) in [7, 11) is -4.84. The van der Waals surface area contributed by atoms with Crippen molar-refractivity contribution in [2.75, 3.05) is 4.90 Å². The van der Waals surface area contributed by atoms with Crippen molar-refractivity contribution < 1.29 is 27.0 Å². The zero-order valence-corrected chi connectivity index (χ0v) is 30.0. The van der Waals surface area contributed by atoms with Crippen LogP contribution >= 0.6 is 0 Å². The Kier molecular flexibility index (Phi) is 11.1. The number of hydrogen-bond donors (Lipinski definition) is 2. The van der Waals surface area contributed by atoms with Gasteiger partial charge in [-0.1, -0.05) is 98.1 Å². The summed E-state index contributed by atoms with van der Waals surface area (Å²) in [5.41, 5.74) is 10.2. The molecule has 1 saturated carbocycles. The standard InChI is InChI=1S/C38H38N2O6S.Na/c1-38(39,47(43,44)45)36(41)31-17-15-26(16-18-31)25-33(29-21-19-28(20-22-29)27-9-4-2-5-10-27)37(42)40(32-12-6-3-7-13-32)35-24-23-30-11-8-14-34(30)46-35;/h3,6-8,11-24,27,33H,2,4-5,9-10,25,39H2,1H3,(H,43,44,45);. The predicted molar refractivity (Wildman–Crippen MR) is 188 cm³/mol. The van der Waals surface area contributed by atoms with Gasteiger partial charge in [-0.3, -0.25) is 19.0 Å². The van der Waals surface area contributed by atoms with E-state index in [0.717, 1.165) is 23.6 Å². The third-order valence-corrected chi connectivity index (χ3v) is 10.5. The van der Waals surface area contributed by atoms with Gasteiger partial charge in [0.15, 0.2) is 5.78 Å². The van der Waals surface area contributed by atoms with Crippen LogP contribution < -0.4 is 10.6 Å². The summed E-state index contributed by atoms with van der Waals surface area (Å²) < 4.78 is 39.3. The number of amides is 1. The van der Waals surface area contributed by atoms with E-state index in [0.29, 0.717) is 23.2 Å². The molecule has 8 nitrogen and oxygen atoms in total. The topological polar surface area (TPSA) is 131 Å². The number of anilines is 2. The smallest absolute Gasteiger partial charge is 0.291 e. The molecule has 1 amide bonds. The number of carbonyl (C=O) groups excluding carboxylic acids is 2. The van der Waals surface area contributed by atoms with Gasteiger partial charge in [-0.05, 0) is 73.1 Å². The summed E-state index contributed by atoms with van der Waals surface area (Å²) >= 11 is 0. The van der Waals surface area contributed by atoms with E-state index in [2.05, 4.69) is 12.1 Å². The third-order valence-electron chi connectivity index (χ3n) is 9.24. The number of rotatable bonds is 10. The molecule has 243 valence electrons. The molecule has 1 fully saturated rings. The van der Waals surface area contributed by atoms with Gasteiger partial charge in [-0.15, -0.1) is 0 Å². The number of carbonyl (C=O) groups is 2. The number of benzene rings is 3. The van der Waals surface area contributed by atoms with E-state index >= 15 is 0 Å². The van der Waals surface area contributed by atoms with Gasteiger partial charge in [0.2, 0.25) is 16.7 Å². The van der Waals surface area contributed by atoms with Crippen LogP contribution in [-0.4, -0.2) is 59.1 Å². The average Bonchev–Trinajstić information content (AvgIpc) is 3.56. The van der Waals surface area contributed by atoms with Crippen molar-refractivity contribution in [1.82, 2.24) is 0 Å². The number of para-hydroxylation sites is 1. The summed E-state index contributed by atoms with van der Waals surface area (Å²) in [4.78, 5) is 26.8. The molecule has 3 aromatic carbocycles. The van der Waals surface area contributed by atoms with E-state index in [1.54, 1.807) is 23.1 Å². The number of nitrogens with two attached hydrogens (primary N) is 1. The molecule has 1 radical (unpaired) electrons. The van der Waals surface area contributed by atoms with Crippen LogP contribution in [0.15, 0.2) is 114 Å². The quantitative estimate of drug-likeness (QED) is 0.0893. The first-order valence-electron chi connectivity index (χ1n) is 15.9. The molecule has 0 spiro atoms. The molecule has 0 bridgehead atoms. The molecule has 2 aliphatic carbocycles. The first-order chi connectivity index (χ1) is 22.5. The second-order valence-electron chi connectivity index (χ2n) is 12.5. The number of ketones is 1. The zero-order chi connectivity index (χ0) is 33.2. The van der Waals surface area contributed by atoms with Crippen LogP contribution in [0.1, 0.15) is 77.9 Å². The Balaban J connectivity index is 0.00000451. The molecule has 1 aliphatic heterocycles. The summed E-state index contributed by atoms with van der Waals surface area (Å²) in [6.45, 7) is 0.959. The van der Waals surface area contributed by atoms with Gasteiger partial charge in [0.1, 0.15) is 5.76 Å². The van der Waals surface area contributed by atoms with E-state index in [1.165, 1.54) is 49.8 Å². The third kappa shape index (κ3) is 7.52. The van der Waals surface area contributed by atoms with Crippen LogP contribution in [0, 0.1) is 0 Å². The molecule has 3 N–H and O–H groups in total. The molecule has 0 aromatic heterocycles. The Hall–Kier alpha value is -3.57. The Morgan fingerprint density at radius 3 is 2.19 bits per heavy atom. The maximum atomic E-state index is 14.8. The molecule has 2 unspecified atom stereocenters. The van der Waals surface area contributed by atoms with Gasteiger partial charge < -0.3 is 10.2 Å². The molecule has 48 heavy (non-hydrogen) atoms. The maximum absolute atomic E-state index is 14.8. The number of Topliss-reactive ketones (excluding diaryl/α,β-unsaturated/α-hetero) is 1. The summed E-state index contributed by atoms with van der Waals surface area (Å²) in [6.07, 6.45) is 6.34. The predicted octanol–water partition coefficient (Wildman–Crippen LogP) is 7.49. The van der Waals surface area contributed by atoms with Crippen LogP contribution in [-0.2, 0) is 21.3 Å². The molecule has 1 heterocycles.